The number of aromatic amines is 3. The number of nitrogens with zero attached hydrogens (tertiary/aromatic N) is 9. The third kappa shape index (κ3) is 24.5. The third-order valence-corrected chi connectivity index (χ3v) is 22.7. The molecule has 0 saturated carbocycles. The van der Waals surface area contributed by atoms with Crippen LogP contribution in [0.3, 0.4) is 0 Å². The monoisotopic (exact) mass is 1540 g/mol. The summed E-state index contributed by atoms with van der Waals surface area (Å²) in [5.74, 6) is -0.625. The fourth-order valence-corrected chi connectivity index (χ4v) is 17.0. The maximum absolute atomic E-state index is 12.2. The zero-order valence-corrected chi connectivity index (χ0v) is 55.9. The van der Waals surface area contributed by atoms with Gasteiger partial charge in [-0.1, -0.05) is 18.3 Å². The van der Waals surface area contributed by atoms with Gasteiger partial charge in [0.2, 0.25) is 17.8 Å². The van der Waals surface area contributed by atoms with Crippen molar-refractivity contribution in [3.05, 3.63) is 50.0 Å². The number of hydrogen-bond donors (Lipinski definition) is 18. The van der Waals surface area contributed by atoms with Gasteiger partial charge in [-0.15, -0.1) is 0 Å². The number of phosphoric acid groups is 9. The van der Waals surface area contributed by atoms with E-state index in [0.717, 1.165) is 0 Å². The van der Waals surface area contributed by atoms with E-state index in [1.807, 2.05) is 0 Å². The van der Waals surface area contributed by atoms with Gasteiger partial charge >= 0.3 is 127 Å². The molecule has 6 unspecified atom stereocenters. The number of nitrogen functional groups attached to an aromatic ring is 3. The van der Waals surface area contributed by atoms with Crippen molar-refractivity contribution in [1.29, 1.82) is 0 Å². The second kappa shape index (κ2) is 32.7. The van der Waals surface area contributed by atoms with Crippen LogP contribution in [-0.2, 0) is 94.7 Å². The largest absolute Gasteiger partial charge is 1.00 e. The van der Waals surface area contributed by atoms with Gasteiger partial charge in [0.1, 0.15) is 18.7 Å². The molecule has 9 rings (SSSR count). The molecule has 0 radical (unpaired) electrons. The summed E-state index contributed by atoms with van der Waals surface area (Å²) >= 11 is 0. The van der Waals surface area contributed by atoms with E-state index in [9.17, 15) is 85.5 Å². The van der Waals surface area contributed by atoms with Crippen LogP contribution >= 0.6 is 70.4 Å². The first-order chi connectivity index (χ1) is 42.5. The average Bonchev–Trinajstić information content (AvgIpc) is 1.64. The summed E-state index contributed by atoms with van der Waals surface area (Å²) in [6.07, 6.45) is -8.76. The predicted octanol–water partition coefficient (Wildman–Crippen LogP) is -14.8. The van der Waals surface area contributed by atoms with Crippen molar-refractivity contribution in [3.8, 4) is 0 Å². The number of aromatic nitrogens is 12. The maximum Gasteiger partial charge on any atom is 1.00 e. The van der Waals surface area contributed by atoms with E-state index in [1.54, 1.807) is 0 Å². The molecular weight excluding hydrogens is 1490 g/mol. The molecule has 522 valence electrons. The maximum atomic E-state index is 12.2. The van der Waals surface area contributed by atoms with Crippen molar-refractivity contribution < 1.29 is 225 Å². The van der Waals surface area contributed by atoms with Crippen LogP contribution in [0.15, 0.2) is 33.4 Å². The Labute approximate surface area is 564 Å². The number of nitrogens with one attached hydrogen (secondary N) is 3. The molecule has 54 nitrogen and oxygen atoms in total. The molecule has 6 aromatic rings. The van der Waals surface area contributed by atoms with E-state index in [0.29, 0.717) is 0 Å². The summed E-state index contributed by atoms with van der Waals surface area (Å²) in [5.41, 5.74) is 14.4. The number of H-pyrrole nitrogens is 3. The summed E-state index contributed by atoms with van der Waals surface area (Å²) in [6, 6.07) is 0. The first kappa shape index (κ1) is 85.6. The molecule has 3 fully saturated rings. The van der Waals surface area contributed by atoms with Crippen LogP contribution in [0.25, 0.3) is 33.5 Å². The van der Waals surface area contributed by atoms with Gasteiger partial charge in [-0.3, -0.25) is 56.6 Å². The number of imidazole rings is 3. The van der Waals surface area contributed by atoms with Crippen LogP contribution in [0.4, 0.5) is 17.8 Å². The minimum Gasteiger partial charge on any atom is -0.850 e. The first-order valence-corrected chi connectivity index (χ1v) is 37.5. The number of phosphoric ester groups is 3. The zero-order valence-electron chi connectivity index (χ0n) is 47.8. The Hall–Kier alpha value is -2.77. The number of hydrogen-bond acceptors (Lipinski definition) is 36. The van der Waals surface area contributed by atoms with Gasteiger partial charge in [0.15, 0.2) is 33.5 Å². The van der Waals surface area contributed by atoms with Gasteiger partial charge in [-0.2, -0.15) is 40.8 Å². The fourth-order valence-electron chi connectivity index (χ4n) is 7.94. The average molecular weight is 1540 g/mol. The number of anilines is 3. The van der Waals surface area contributed by atoms with Gasteiger partial charge in [-0.25, -0.2) is 56.0 Å². The van der Waals surface area contributed by atoms with Crippen molar-refractivity contribution in [3.63, 3.8) is 0 Å². The van der Waals surface area contributed by atoms with Gasteiger partial charge in [0.25, 0.3) is 16.7 Å². The SMILES string of the molecule is Nc1nc2c(ncn2[C@H]2C[C@H]([O-])[C@@H](COP(=O)(O)OP(=O)(O)OP(=O)(O)O)O2)c(=O)[nH]1.Nc1nc2c(ncn2[C@H]2C[C@H]([O-])[C@@H](COP(=O)(O)OP(=O)(O)OP(=O)(O)O)O2)c(=O)[nH]1.Nc1nc2c(ncn2[C@H]2C[C@H]([O-])[C@@H](COP(=O)(O)OP(=O)(O)OP(=O)(O)O)O2)c(=O)[nH]1.[Li+].[Li+].[Li+]. The third-order valence-electron chi connectivity index (χ3n) is 11.3. The molecule has 0 bridgehead atoms. The Balaban J connectivity index is 0.000000302. The van der Waals surface area contributed by atoms with Crippen LogP contribution in [0.1, 0.15) is 37.9 Å². The predicted molar refractivity (Wildman–Crippen MR) is 284 cm³/mol. The molecule has 66 heteroatoms. The molecule has 9 heterocycles. The van der Waals surface area contributed by atoms with Crippen LogP contribution in [0.2, 0.25) is 0 Å². The second-order valence-corrected chi connectivity index (χ2v) is 31.5. The van der Waals surface area contributed by atoms with Gasteiger partial charge in [0.05, 0.1) is 57.1 Å². The van der Waals surface area contributed by atoms with Crippen LogP contribution in [0, 0.1) is 0 Å². The minimum atomic E-state index is -5.69. The Bertz CT molecular complexity index is 3980. The van der Waals surface area contributed by atoms with Crippen molar-refractivity contribution in [2.45, 2.75) is 74.6 Å². The van der Waals surface area contributed by atoms with E-state index in [1.165, 1.54) is 32.7 Å². The van der Waals surface area contributed by atoms with Gasteiger partial charge in [0, 0.05) is 0 Å². The van der Waals surface area contributed by atoms with E-state index in [2.05, 4.69) is 84.3 Å². The van der Waals surface area contributed by atoms with Gasteiger partial charge < -0.3 is 105 Å². The molecule has 3 saturated heterocycles. The van der Waals surface area contributed by atoms with Crippen LogP contribution in [-0.4, -0.2) is 174 Å². The second-order valence-electron chi connectivity index (χ2n) is 18.2. The first-order valence-electron chi connectivity index (χ1n) is 23.9. The Morgan fingerprint density at radius 2 is 0.635 bits per heavy atom. The summed E-state index contributed by atoms with van der Waals surface area (Å²) in [7, 11) is -49.9. The molecule has 21 N–H and O–H groups in total. The topological polar surface area (TPSA) is 845 Å². The Morgan fingerprint density at radius 3 is 0.844 bits per heavy atom. The number of fused-ring (bicyclic) bond motifs is 3. The zero-order chi connectivity index (χ0) is 69.6. The number of nitrogens with two attached hydrogens (primary N) is 3. The van der Waals surface area contributed by atoms with E-state index < -0.39 is 162 Å². The van der Waals surface area contributed by atoms with E-state index >= 15 is 0 Å². The summed E-state index contributed by atoms with van der Waals surface area (Å²) < 4.78 is 156. The molecule has 6 aromatic heterocycles. The molecule has 15 atom stereocenters. The molecule has 0 amide bonds. The van der Waals surface area contributed by atoms with Gasteiger partial charge in [-0.05, 0) is 19.3 Å². The Kier molecular flexibility index (Phi) is 29.2. The summed E-state index contributed by atoms with van der Waals surface area (Å²) in [4.78, 5) is 172. The number of ether oxygens (including phenoxy) is 3. The normalized spacial score (nSPS) is 25.2. The molecule has 96 heavy (non-hydrogen) atoms. The smallest absolute Gasteiger partial charge is 0.850 e. The van der Waals surface area contributed by atoms with Crippen molar-refractivity contribution in [1.82, 2.24) is 58.6 Å². The molecular formula is C30H45Li3N15O39P9. The minimum absolute atomic E-state index is 0. The number of rotatable bonds is 24. The molecule has 0 aromatic carbocycles. The van der Waals surface area contributed by atoms with Crippen molar-refractivity contribution >= 4 is 122 Å². The summed E-state index contributed by atoms with van der Waals surface area (Å²) in [6.45, 7) is -2.72. The standard InChI is InChI=1S/3C10H15N5O13P3.3Li/c3*11-10-13-8-7(9(17)14-10)12-3-15(8)6-1-4(16)5(26-6)2-25-30(21,22)28-31(23,24)27-29(18,19)20;;;/h3*3-6H,1-2H2,(H,21,22)(H,23,24)(H2,18,19,20)(H3,11,13,14,17);;;/q3*-1;3*+1/t3*4-,5+,6+;;;/m000.../s1. The van der Waals surface area contributed by atoms with E-state index in [4.69, 9.17) is 75.5 Å². The summed E-state index contributed by atoms with van der Waals surface area (Å²) in [5, 5.41) is 36.7. The molecule has 3 aliphatic rings. The Morgan fingerprint density at radius 1 is 0.417 bits per heavy atom. The van der Waals surface area contributed by atoms with Crippen molar-refractivity contribution in [2.24, 2.45) is 0 Å². The fraction of sp³-hybridized carbons (Fsp3) is 0.500. The van der Waals surface area contributed by atoms with Crippen molar-refractivity contribution in [2.75, 3.05) is 37.0 Å². The molecule has 0 spiro atoms. The molecule has 0 aliphatic carbocycles. The van der Waals surface area contributed by atoms with Crippen LogP contribution in [0.5, 0.6) is 0 Å². The van der Waals surface area contributed by atoms with Crippen LogP contribution < -0.4 is 106 Å². The van der Waals surface area contributed by atoms with E-state index in [-0.39, 0.29) is 127 Å². The molecule has 3 aliphatic heterocycles. The quantitative estimate of drug-likeness (QED) is 0.0198.